The lowest BCUT2D eigenvalue weighted by atomic mass is 9.82. The van der Waals surface area contributed by atoms with Crippen LogP contribution in [0.2, 0.25) is 0 Å². The van der Waals surface area contributed by atoms with E-state index in [9.17, 15) is 9.59 Å². The minimum atomic E-state index is -0.624. The molecule has 0 aliphatic heterocycles. The van der Waals surface area contributed by atoms with Crippen molar-refractivity contribution in [2.75, 3.05) is 19.0 Å². The van der Waals surface area contributed by atoms with Gasteiger partial charge in [0.1, 0.15) is 17.6 Å². The van der Waals surface area contributed by atoms with E-state index < -0.39 is 6.04 Å². The van der Waals surface area contributed by atoms with E-state index in [0.29, 0.717) is 13.0 Å². The number of anilines is 1. The van der Waals surface area contributed by atoms with Crippen LogP contribution in [-0.4, -0.2) is 31.5 Å². The van der Waals surface area contributed by atoms with E-state index in [0.717, 1.165) is 30.7 Å². The van der Waals surface area contributed by atoms with Gasteiger partial charge in [0, 0.05) is 18.0 Å². The minimum absolute atomic E-state index is 0.144. The molecule has 0 unspecified atom stereocenters. The van der Waals surface area contributed by atoms with Gasteiger partial charge in [-0.2, -0.15) is 0 Å². The van der Waals surface area contributed by atoms with Crippen molar-refractivity contribution in [1.82, 2.24) is 0 Å². The maximum Gasteiger partial charge on any atom is 0.329 e. The SMILES string of the molecule is CCOC(=O)[C@@H](Nc1ccc(OC)cc1)[C@H]1CCCCC1=O. The molecule has 1 saturated carbocycles. The van der Waals surface area contributed by atoms with Crippen molar-refractivity contribution in [1.29, 1.82) is 0 Å². The zero-order chi connectivity index (χ0) is 15.9. The average molecular weight is 305 g/mol. The molecule has 0 aromatic heterocycles. The highest BCUT2D eigenvalue weighted by Gasteiger charge is 2.35. The Labute approximate surface area is 131 Å². The van der Waals surface area contributed by atoms with E-state index in [1.165, 1.54) is 0 Å². The van der Waals surface area contributed by atoms with E-state index in [1.54, 1.807) is 14.0 Å². The minimum Gasteiger partial charge on any atom is -0.497 e. The summed E-state index contributed by atoms with van der Waals surface area (Å²) >= 11 is 0. The molecule has 0 heterocycles. The zero-order valence-electron chi connectivity index (χ0n) is 13.1. The predicted molar refractivity (Wildman–Crippen MR) is 84.0 cm³/mol. The maximum absolute atomic E-state index is 12.3. The van der Waals surface area contributed by atoms with E-state index in [1.807, 2.05) is 24.3 Å². The third kappa shape index (κ3) is 4.00. The first-order valence-electron chi connectivity index (χ1n) is 7.75. The van der Waals surface area contributed by atoms with Gasteiger partial charge in [0.25, 0.3) is 0 Å². The molecule has 1 aromatic rings. The first-order chi connectivity index (χ1) is 10.7. The first kappa shape index (κ1) is 16.3. The summed E-state index contributed by atoms with van der Waals surface area (Å²) in [6, 6.07) is 6.66. The number of esters is 1. The molecule has 22 heavy (non-hydrogen) atoms. The molecular weight excluding hydrogens is 282 g/mol. The molecule has 1 aromatic carbocycles. The monoisotopic (exact) mass is 305 g/mol. The summed E-state index contributed by atoms with van der Waals surface area (Å²) in [7, 11) is 1.60. The lowest BCUT2D eigenvalue weighted by Crippen LogP contribution is -2.43. The molecule has 0 radical (unpaired) electrons. The Hall–Kier alpha value is -2.04. The molecule has 5 nitrogen and oxygen atoms in total. The van der Waals surface area contributed by atoms with Crippen LogP contribution in [0.4, 0.5) is 5.69 Å². The first-order valence-corrected chi connectivity index (χ1v) is 7.75. The molecule has 1 aliphatic rings. The highest BCUT2D eigenvalue weighted by molar-refractivity contribution is 5.91. The second-order valence-electron chi connectivity index (χ2n) is 5.42. The van der Waals surface area contributed by atoms with E-state index in [-0.39, 0.29) is 17.7 Å². The van der Waals surface area contributed by atoms with Gasteiger partial charge in [-0.25, -0.2) is 4.79 Å². The molecule has 0 saturated heterocycles. The maximum atomic E-state index is 12.3. The smallest absolute Gasteiger partial charge is 0.329 e. The van der Waals surface area contributed by atoms with Crippen LogP contribution in [0.3, 0.4) is 0 Å². The van der Waals surface area contributed by atoms with Crippen molar-refractivity contribution in [3.63, 3.8) is 0 Å². The second kappa shape index (κ2) is 7.82. The van der Waals surface area contributed by atoms with Gasteiger partial charge >= 0.3 is 5.97 Å². The third-order valence-electron chi connectivity index (χ3n) is 3.96. The fourth-order valence-electron chi connectivity index (χ4n) is 2.79. The van der Waals surface area contributed by atoms with Crippen molar-refractivity contribution in [2.24, 2.45) is 5.92 Å². The molecule has 2 rings (SSSR count). The molecular formula is C17H23NO4. The number of ketones is 1. The van der Waals surface area contributed by atoms with Crippen molar-refractivity contribution < 1.29 is 19.1 Å². The van der Waals surface area contributed by atoms with Crippen LogP contribution in [0.15, 0.2) is 24.3 Å². The summed E-state index contributed by atoms with van der Waals surface area (Å²) in [6.45, 7) is 2.07. The van der Waals surface area contributed by atoms with Crippen LogP contribution >= 0.6 is 0 Å². The fourth-order valence-corrected chi connectivity index (χ4v) is 2.79. The lowest BCUT2D eigenvalue weighted by molar-refractivity contribution is -0.147. The van der Waals surface area contributed by atoms with Gasteiger partial charge < -0.3 is 14.8 Å². The Kier molecular flexibility index (Phi) is 5.81. The molecule has 0 amide bonds. The van der Waals surface area contributed by atoms with E-state index >= 15 is 0 Å². The summed E-state index contributed by atoms with van der Waals surface area (Å²) in [5.41, 5.74) is 0.775. The topological polar surface area (TPSA) is 64.6 Å². The number of methoxy groups -OCH3 is 1. The Bertz CT molecular complexity index is 512. The normalized spacial score (nSPS) is 19.4. The van der Waals surface area contributed by atoms with Crippen LogP contribution < -0.4 is 10.1 Å². The molecule has 120 valence electrons. The van der Waals surface area contributed by atoms with Gasteiger partial charge in [-0.15, -0.1) is 0 Å². The molecule has 1 fully saturated rings. The van der Waals surface area contributed by atoms with Crippen LogP contribution in [-0.2, 0) is 14.3 Å². The molecule has 0 spiro atoms. The Morgan fingerprint density at radius 1 is 1.32 bits per heavy atom. The summed E-state index contributed by atoms with van der Waals surface area (Å²) in [4.78, 5) is 24.4. The highest BCUT2D eigenvalue weighted by Crippen LogP contribution is 2.27. The number of carbonyl (C=O) groups is 2. The Balaban J connectivity index is 2.15. The average Bonchev–Trinajstić information content (AvgIpc) is 2.54. The summed E-state index contributed by atoms with van der Waals surface area (Å²) < 4.78 is 10.3. The molecule has 2 atom stereocenters. The number of ether oxygens (including phenoxy) is 2. The lowest BCUT2D eigenvalue weighted by Gasteiger charge is -2.29. The molecule has 0 bridgehead atoms. The van der Waals surface area contributed by atoms with Crippen LogP contribution in [0.5, 0.6) is 5.75 Å². The fraction of sp³-hybridized carbons (Fsp3) is 0.529. The van der Waals surface area contributed by atoms with Crippen LogP contribution in [0, 0.1) is 5.92 Å². The van der Waals surface area contributed by atoms with Crippen molar-refractivity contribution >= 4 is 17.4 Å². The number of benzene rings is 1. The van der Waals surface area contributed by atoms with Gasteiger partial charge in [0.2, 0.25) is 0 Å². The Morgan fingerprint density at radius 3 is 2.64 bits per heavy atom. The second-order valence-corrected chi connectivity index (χ2v) is 5.42. The number of hydrogen-bond donors (Lipinski definition) is 1. The van der Waals surface area contributed by atoms with Gasteiger partial charge in [-0.05, 0) is 44.0 Å². The van der Waals surface area contributed by atoms with Crippen molar-refractivity contribution in [3.05, 3.63) is 24.3 Å². The molecule has 1 aliphatic carbocycles. The number of carbonyl (C=O) groups excluding carboxylic acids is 2. The third-order valence-corrected chi connectivity index (χ3v) is 3.96. The van der Waals surface area contributed by atoms with Crippen LogP contribution in [0.25, 0.3) is 0 Å². The molecule has 1 N–H and O–H groups in total. The van der Waals surface area contributed by atoms with Gasteiger partial charge in [-0.1, -0.05) is 6.42 Å². The summed E-state index contributed by atoms with van der Waals surface area (Å²) in [6.07, 6.45) is 3.15. The summed E-state index contributed by atoms with van der Waals surface area (Å²) in [5, 5.41) is 3.16. The van der Waals surface area contributed by atoms with Gasteiger partial charge in [0.15, 0.2) is 0 Å². The van der Waals surface area contributed by atoms with E-state index in [2.05, 4.69) is 5.32 Å². The predicted octanol–water partition coefficient (Wildman–Crippen LogP) is 2.80. The standard InChI is InChI=1S/C17H23NO4/c1-3-22-17(20)16(14-6-4-5-7-15(14)19)18-12-8-10-13(21-2)11-9-12/h8-11,14,16,18H,3-7H2,1-2H3/t14-,16-/m0/s1. The van der Waals surface area contributed by atoms with E-state index in [4.69, 9.17) is 9.47 Å². The largest absolute Gasteiger partial charge is 0.497 e. The van der Waals surface area contributed by atoms with Crippen molar-refractivity contribution in [2.45, 2.75) is 38.6 Å². The highest BCUT2D eigenvalue weighted by atomic mass is 16.5. The number of hydrogen-bond acceptors (Lipinski definition) is 5. The summed E-state index contributed by atoms with van der Waals surface area (Å²) in [5.74, 6) is 0.214. The Morgan fingerprint density at radius 2 is 2.05 bits per heavy atom. The van der Waals surface area contributed by atoms with Gasteiger partial charge in [-0.3, -0.25) is 4.79 Å². The van der Waals surface area contributed by atoms with Crippen LogP contribution in [0.1, 0.15) is 32.6 Å². The number of nitrogens with one attached hydrogen (secondary N) is 1. The number of rotatable bonds is 6. The number of Topliss-reactive ketones (excluding diaryl/α,β-unsaturated/α-hetero) is 1. The van der Waals surface area contributed by atoms with Gasteiger partial charge in [0.05, 0.1) is 13.7 Å². The van der Waals surface area contributed by atoms with Crippen molar-refractivity contribution in [3.8, 4) is 5.75 Å². The molecule has 5 heteroatoms. The quantitative estimate of drug-likeness (QED) is 0.819. The zero-order valence-corrected chi connectivity index (χ0v) is 13.1.